The molecule has 0 saturated carbocycles. The highest BCUT2D eigenvalue weighted by Crippen LogP contribution is 2.20. The average molecular weight is 269 g/mol. The number of phenolic OH excluding ortho intramolecular Hbond substituents is 1. The minimum atomic E-state index is -0.677. The molecule has 5 heteroatoms. The van der Waals surface area contributed by atoms with Crippen LogP contribution in [0, 0.1) is 18.2 Å². The molecule has 2 rings (SSSR count). The summed E-state index contributed by atoms with van der Waals surface area (Å²) < 4.78 is 12.7. The molecule has 0 aromatic heterocycles. The van der Waals surface area contributed by atoms with Crippen LogP contribution < -0.4 is 10.6 Å². The van der Waals surface area contributed by atoms with Crippen molar-refractivity contribution in [2.45, 2.75) is 20.8 Å². The molecular formula is C14H24FN3O. The Morgan fingerprint density at radius 3 is 2.00 bits per heavy atom. The molecule has 1 saturated heterocycles. The summed E-state index contributed by atoms with van der Waals surface area (Å²) in [7, 11) is 0. The zero-order valence-corrected chi connectivity index (χ0v) is 11.9. The first-order valence-corrected chi connectivity index (χ1v) is 6.56. The van der Waals surface area contributed by atoms with Crippen molar-refractivity contribution in [3.05, 3.63) is 29.1 Å². The molecule has 1 aliphatic rings. The largest absolute Gasteiger partial charge is 0.504 e. The molecule has 0 unspecified atom stereocenters. The van der Waals surface area contributed by atoms with Crippen LogP contribution in [-0.2, 0) is 0 Å². The van der Waals surface area contributed by atoms with Gasteiger partial charge in [-0.1, -0.05) is 13.8 Å². The SMILES string of the molecule is C1CNCCN1.CC.Cc1cc(F)c(O)c(C=N)c1. The van der Waals surface area contributed by atoms with E-state index < -0.39 is 11.6 Å². The average Bonchev–Trinajstić information content (AvgIpc) is 2.47. The molecular weight excluding hydrogens is 245 g/mol. The molecule has 0 bridgehead atoms. The van der Waals surface area contributed by atoms with Gasteiger partial charge in [-0.25, -0.2) is 4.39 Å². The van der Waals surface area contributed by atoms with Crippen molar-refractivity contribution in [1.29, 1.82) is 5.41 Å². The fourth-order valence-electron chi connectivity index (χ4n) is 1.48. The maximum absolute atomic E-state index is 12.7. The molecule has 4 nitrogen and oxygen atoms in total. The van der Waals surface area contributed by atoms with Gasteiger partial charge in [0, 0.05) is 38.0 Å². The summed E-state index contributed by atoms with van der Waals surface area (Å²) in [6.45, 7) is 10.3. The lowest BCUT2D eigenvalue weighted by atomic mass is 10.1. The second-order valence-corrected chi connectivity index (χ2v) is 3.83. The van der Waals surface area contributed by atoms with E-state index in [4.69, 9.17) is 10.5 Å². The van der Waals surface area contributed by atoms with Crippen molar-refractivity contribution in [2.24, 2.45) is 0 Å². The van der Waals surface area contributed by atoms with Crippen LogP contribution in [0.25, 0.3) is 0 Å². The summed E-state index contributed by atoms with van der Waals surface area (Å²) in [5, 5.41) is 22.3. The molecule has 1 aliphatic heterocycles. The third-order valence-electron chi connectivity index (χ3n) is 2.35. The minimum Gasteiger partial charge on any atom is -0.504 e. The summed E-state index contributed by atoms with van der Waals surface area (Å²) in [5.74, 6) is -1.13. The van der Waals surface area contributed by atoms with Crippen LogP contribution in [0.15, 0.2) is 12.1 Å². The van der Waals surface area contributed by atoms with E-state index in [0.29, 0.717) is 5.56 Å². The van der Waals surface area contributed by atoms with Crippen LogP contribution in [0.3, 0.4) is 0 Å². The summed E-state index contributed by atoms with van der Waals surface area (Å²) in [6, 6.07) is 2.77. The second-order valence-electron chi connectivity index (χ2n) is 3.83. The van der Waals surface area contributed by atoms with Gasteiger partial charge in [0.1, 0.15) is 0 Å². The third-order valence-corrected chi connectivity index (χ3v) is 2.35. The van der Waals surface area contributed by atoms with E-state index in [0.717, 1.165) is 32.4 Å². The lowest BCUT2D eigenvalue weighted by Gasteiger charge is -2.11. The Hall–Kier alpha value is -1.46. The molecule has 1 fully saturated rings. The fraction of sp³-hybridized carbons (Fsp3) is 0.500. The zero-order chi connectivity index (χ0) is 14.7. The number of aryl methyl sites for hydroxylation is 1. The quantitative estimate of drug-likeness (QED) is 0.590. The number of halogens is 1. The topological polar surface area (TPSA) is 68.1 Å². The number of benzene rings is 1. The normalized spacial score (nSPS) is 13.5. The molecule has 19 heavy (non-hydrogen) atoms. The van der Waals surface area contributed by atoms with Crippen LogP contribution in [0.2, 0.25) is 0 Å². The monoisotopic (exact) mass is 269 g/mol. The molecule has 0 aliphatic carbocycles. The van der Waals surface area contributed by atoms with Gasteiger partial charge in [-0.05, 0) is 24.6 Å². The van der Waals surface area contributed by atoms with Crippen molar-refractivity contribution in [3.63, 3.8) is 0 Å². The molecule has 0 atom stereocenters. The lowest BCUT2D eigenvalue weighted by Crippen LogP contribution is -2.39. The van der Waals surface area contributed by atoms with Crippen LogP contribution in [0.5, 0.6) is 5.75 Å². The third kappa shape index (κ3) is 6.88. The number of phenols is 1. The van der Waals surface area contributed by atoms with Crippen LogP contribution in [0.4, 0.5) is 4.39 Å². The Bertz CT molecular complexity index is 368. The number of piperazine rings is 1. The Morgan fingerprint density at radius 1 is 1.16 bits per heavy atom. The van der Waals surface area contributed by atoms with Crippen LogP contribution in [0.1, 0.15) is 25.0 Å². The van der Waals surface area contributed by atoms with Gasteiger partial charge in [0.2, 0.25) is 0 Å². The highest BCUT2D eigenvalue weighted by Gasteiger charge is 2.04. The second kappa shape index (κ2) is 10.5. The summed E-state index contributed by atoms with van der Waals surface area (Å²) >= 11 is 0. The predicted molar refractivity (Wildman–Crippen MR) is 77.8 cm³/mol. The molecule has 4 N–H and O–H groups in total. The van der Waals surface area contributed by atoms with Crippen LogP contribution in [-0.4, -0.2) is 37.5 Å². The highest BCUT2D eigenvalue weighted by molar-refractivity contribution is 5.81. The Labute approximate surface area is 114 Å². The van der Waals surface area contributed by atoms with E-state index in [1.54, 1.807) is 13.0 Å². The Morgan fingerprint density at radius 2 is 1.63 bits per heavy atom. The van der Waals surface area contributed by atoms with Crippen molar-refractivity contribution in [2.75, 3.05) is 26.2 Å². The number of nitrogens with one attached hydrogen (secondary N) is 3. The van der Waals surface area contributed by atoms with Crippen molar-refractivity contribution >= 4 is 6.21 Å². The molecule has 108 valence electrons. The Kier molecular flexibility index (Phi) is 9.66. The molecule has 1 aromatic rings. The van der Waals surface area contributed by atoms with E-state index in [1.807, 2.05) is 13.8 Å². The number of hydrogen-bond donors (Lipinski definition) is 4. The standard InChI is InChI=1S/C8H8FNO.C4H10N2.C2H6/c1-5-2-6(4-10)8(11)7(9)3-5;1-2-6-4-3-5-1;1-2/h2-4,10-11H,1H3;5-6H,1-4H2;1-2H3. The van der Waals surface area contributed by atoms with Gasteiger partial charge in [-0.2, -0.15) is 0 Å². The predicted octanol–water partition coefficient (Wildman–Crippen LogP) is 2.04. The lowest BCUT2D eigenvalue weighted by molar-refractivity contribution is 0.431. The zero-order valence-electron chi connectivity index (χ0n) is 11.9. The smallest absolute Gasteiger partial charge is 0.165 e. The van der Waals surface area contributed by atoms with Gasteiger partial charge in [0.25, 0.3) is 0 Å². The molecule has 0 amide bonds. The maximum Gasteiger partial charge on any atom is 0.165 e. The number of aromatic hydroxyl groups is 1. The molecule has 0 radical (unpaired) electrons. The van der Waals surface area contributed by atoms with Gasteiger partial charge in [0.15, 0.2) is 11.6 Å². The number of hydrogen-bond acceptors (Lipinski definition) is 4. The van der Waals surface area contributed by atoms with Crippen LogP contribution >= 0.6 is 0 Å². The fourth-order valence-corrected chi connectivity index (χ4v) is 1.48. The first-order chi connectivity index (χ1) is 9.15. The van der Waals surface area contributed by atoms with Crippen molar-refractivity contribution in [3.8, 4) is 5.75 Å². The highest BCUT2D eigenvalue weighted by atomic mass is 19.1. The first kappa shape index (κ1) is 17.5. The first-order valence-electron chi connectivity index (χ1n) is 6.56. The molecule has 1 heterocycles. The van der Waals surface area contributed by atoms with E-state index in [1.165, 1.54) is 6.07 Å². The molecule has 0 spiro atoms. The van der Waals surface area contributed by atoms with Crippen molar-refractivity contribution < 1.29 is 9.50 Å². The maximum atomic E-state index is 12.7. The van der Waals surface area contributed by atoms with Gasteiger partial charge < -0.3 is 21.1 Å². The van der Waals surface area contributed by atoms with E-state index in [2.05, 4.69) is 10.6 Å². The van der Waals surface area contributed by atoms with Gasteiger partial charge in [-0.15, -0.1) is 0 Å². The van der Waals surface area contributed by atoms with E-state index >= 15 is 0 Å². The van der Waals surface area contributed by atoms with Gasteiger partial charge >= 0.3 is 0 Å². The summed E-state index contributed by atoms with van der Waals surface area (Å²) in [5.41, 5.74) is 0.904. The van der Waals surface area contributed by atoms with E-state index in [-0.39, 0.29) is 5.56 Å². The van der Waals surface area contributed by atoms with Crippen molar-refractivity contribution in [1.82, 2.24) is 10.6 Å². The molecule has 1 aromatic carbocycles. The Balaban J connectivity index is 0.000000341. The number of rotatable bonds is 1. The van der Waals surface area contributed by atoms with Gasteiger partial charge in [0.05, 0.1) is 0 Å². The van der Waals surface area contributed by atoms with E-state index in [9.17, 15) is 4.39 Å². The summed E-state index contributed by atoms with van der Waals surface area (Å²) in [4.78, 5) is 0. The summed E-state index contributed by atoms with van der Waals surface area (Å²) in [6.07, 6.45) is 0.922. The van der Waals surface area contributed by atoms with Gasteiger partial charge in [-0.3, -0.25) is 0 Å². The minimum absolute atomic E-state index is 0.211.